The molecule has 20 heteroatoms. The fraction of sp³-hybridized carbons (Fsp3) is 0.978. The standard InChI is InChI=1S/C10H17BN2O2.C10H17BO2.2C9H15BO3.C8H13BOS2/c1-4-10-5-12-9(14)13(3)7(6(10)2)8(11)15-10;1-3-10-5-4-6-12-8(7(10)2)9(11)13-10;1-3-9-4-11-5-12-7(6(9)2)8(10)13-9;1-3-9-6(2)7(8(10)13-9)11-4-5-12-9;1-3-8-4-11-12-6(5(8)2)7(9)10-8/h6-8H,4-5H2,1-3H3,(H,12,14);7-9H,3-6H2,1-2H3;2*6-8H,3-5H2,1-2H3;5-7H,3-4H2,1-2H3/t6-,7?,8-,10+;7-,8?,9-,10+;6-,7?,8-,9+;6-,7?,8-,9-;5-,6?,7-,8+/m11111/s1. The molecular formula is C46H77B5N2O11S2. The first kappa shape index (κ1) is 55.2. The quantitative estimate of drug-likeness (QED) is 0.288. The van der Waals surface area contributed by atoms with E-state index in [0.29, 0.717) is 56.2 Å². The van der Waals surface area contributed by atoms with E-state index >= 15 is 0 Å². The zero-order valence-electron chi connectivity index (χ0n) is 41.7. The number of carbonyl (C=O) groups is 1. The molecule has 13 nitrogen and oxygen atoms in total. The number of ether oxygens (including phenoxy) is 10. The Kier molecular flexibility index (Phi) is 19.0. The average Bonchev–Trinajstić information content (AvgIpc) is 3.71. The summed E-state index contributed by atoms with van der Waals surface area (Å²) in [4.78, 5) is 13.3. The highest BCUT2D eigenvalue weighted by molar-refractivity contribution is 8.77. The van der Waals surface area contributed by atoms with Gasteiger partial charge in [0.15, 0.2) is 5.79 Å². The molecule has 10 rings (SSSR count). The number of nitrogens with zero attached hydrogens (tertiary/aromatic N) is 1. The lowest BCUT2D eigenvalue weighted by Gasteiger charge is -2.35. The van der Waals surface area contributed by atoms with Crippen LogP contribution < -0.4 is 5.32 Å². The molecular weight excluding hydrogens is 875 g/mol. The Morgan fingerprint density at radius 1 is 0.621 bits per heavy atom. The zero-order chi connectivity index (χ0) is 48.4. The second-order valence-corrected chi connectivity index (χ2v) is 22.5. The molecule has 10 heterocycles. The van der Waals surface area contributed by atoms with Crippen LogP contribution >= 0.6 is 21.6 Å². The predicted octanol–water partition coefficient (Wildman–Crippen LogP) is 5.19. The van der Waals surface area contributed by atoms with Crippen LogP contribution in [0.3, 0.4) is 0 Å². The lowest BCUT2D eigenvalue weighted by molar-refractivity contribution is -0.237. The summed E-state index contributed by atoms with van der Waals surface area (Å²) < 4.78 is 56.7. The maximum atomic E-state index is 11.7. The van der Waals surface area contributed by atoms with Gasteiger partial charge in [0.1, 0.15) is 46.0 Å². The fourth-order valence-corrected chi connectivity index (χ4v) is 15.8. The van der Waals surface area contributed by atoms with Gasteiger partial charge in [-0.25, -0.2) is 4.79 Å². The fourth-order valence-electron chi connectivity index (χ4n) is 12.1. The number of rotatable bonds is 5. The molecule has 0 aromatic rings. The first-order valence-corrected chi connectivity index (χ1v) is 27.2. The molecule has 0 aromatic heterocycles. The number of fused-ring (bicyclic) bond motifs is 10. The van der Waals surface area contributed by atoms with Crippen LogP contribution in [0, 0.1) is 29.6 Å². The summed E-state index contributed by atoms with van der Waals surface area (Å²) in [6.45, 7) is 24.9. The Balaban J connectivity index is 0.000000137. The van der Waals surface area contributed by atoms with Crippen molar-refractivity contribution in [2.24, 2.45) is 29.6 Å². The van der Waals surface area contributed by atoms with Crippen LogP contribution in [0.5, 0.6) is 0 Å². The summed E-state index contributed by atoms with van der Waals surface area (Å²) in [7, 11) is 35.0. The average molecular weight is 952 g/mol. The van der Waals surface area contributed by atoms with Gasteiger partial charge in [-0.15, -0.1) is 0 Å². The van der Waals surface area contributed by atoms with Crippen LogP contribution in [0.2, 0.25) is 0 Å². The number of hydrogen-bond acceptors (Lipinski definition) is 13. The molecule has 0 spiro atoms. The zero-order valence-corrected chi connectivity index (χ0v) is 43.3. The highest BCUT2D eigenvalue weighted by atomic mass is 33.1. The summed E-state index contributed by atoms with van der Waals surface area (Å²) in [6, 6.07) is -1.33. The number of amides is 2. The molecule has 66 heavy (non-hydrogen) atoms. The van der Waals surface area contributed by atoms with E-state index in [9.17, 15) is 4.79 Å². The van der Waals surface area contributed by atoms with Gasteiger partial charge in [-0.05, 0) is 44.9 Å². The molecule has 0 saturated carbocycles. The van der Waals surface area contributed by atoms with Crippen molar-refractivity contribution >= 4 is 66.9 Å². The Bertz CT molecular complexity index is 1500. The van der Waals surface area contributed by atoms with Crippen molar-refractivity contribution < 1.29 is 52.2 Å². The summed E-state index contributed by atoms with van der Waals surface area (Å²) in [6.07, 6.45) is 7.02. The van der Waals surface area contributed by atoms with Gasteiger partial charge in [0.25, 0.3) is 0 Å². The molecule has 10 fully saturated rings. The summed E-state index contributed by atoms with van der Waals surface area (Å²) >= 11 is 0. The minimum Gasteiger partial charge on any atom is -0.379 e. The Hall–Kier alpha value is -0.105. The third-order valence-corrected chi connectivity index (χ3v) is 20.2. The van der Waals surface area contributed by atoms with Crippen LogP contribution in [-0.2, 0) is 47.4 Å². The van der Waals surface area contributed by atoms with Gasteiger partial charge in [0, 0.05) is 90.8 Å². The molecule has 10 aliphatic heterocycles. The summed E-state index contributed by atoms with van der Waals surface area (Å²) in [5.41, 5.74) is -0.425. The molecule has 1 N–H and O–H groups in total. The van der Waals surface area contributed by atoms with E-state index in [1.807, 2.05) is 21.6 Å². The molecule has 0 aliphatic carbocycles. The number of urea groups is 1. The van der Waals surface area contributed by atoms with E-state index in [-0.39, 0.29) is 94.6 Å². The van der Waals surface area contributed by atoms with Crippen molar-refractivity contribution in [3.05, 3.63) is 0 Å². The highest BCUT2D eigenvalue weighted by Crippen LogP contribution is 2.54. The van der Waals surface area contributed by atoms with Crippen molar-refractivity contribution in [3.63, 3.8) is 0 Å². The molecule has 5 unspecified atom stereocenters. The molecule has 10 radical (unpaired) electrons. The number of carbonyl (C=O) groups excluding carboxylic acids is 1. The first-order valence-electron chi connectivity index (χ1n) is 24.8. The van der Waals surface area contributed by atoms with E-state index in [1.54, 1.807) is 11.9 Å². The normalized spacial score (nSPS) is 49.7. The first-order chi connectivity index (χ1) is 31.3. The summed E-state index contributed by atoms with van der Waals surface area (Å²) in [5, 5.41) is 3.38. The molecule has 10 bridgehead atoms. The summed E-state index contributed by atoms with van der Waals surface area (Å²) in [5.74, 6) is 2.45. The van der Waals surface area contributed by atoms with E-state index in [2.05, 4.69) is 74.6 Å². The van der Waals surface area contributed by atoms with Gasteiger partial charge < -0.3 is 57.6 Å². The lowest BCUT2D eigenvalue weighted by atomic mass is 9.80. The monoisotopic (exact) mass is 953 g/mol. The van der Waals surface area contributed by atoms with Crippen molar-refractivity contribution in [1.82, 2.24) is 10.2 Å². The molecule has 2 amide bonds. The molecule has 20 atom stereocenters. The van der Waals surface area contributed by atoms with Crippen molar-refractivity contribution in [3.8, 4) is 0 Å². The Morgan fingerprint density at radius 3 is 1.82 bits per heavy atom. The number of likely N-dealkylation sites (N-methyl/N-ethyl adjacent to an activating group) is 1. The van der Waals surface area contributed by atoms with E-state index < -0.39 is 5.79 Å². The Morgan fingerprint density at radius 2 is 1.18 bits per heavy atom. The highest BCUT2D eigenvalue weighted by Gasteiger charge is 2.56. The van der Waals surface area contributed by atoms with Crippen LogP contribution in [0.4, 0.5) is 4.79 Å². The van der Waals surface area contributed by atoms with Crippen molar-refractivity contribution in [2.75, 3.05) is 52.6 Å². The number of nitrogens with one attached hydrogen (secondary N) is 1. The second-order valence-electron chi connectivity index (χ2n) is 20.0. The van der Waals surface area contributed by atoms with E-state index in [4.69, 9.17) is 86.6 Å². The van der Waals surface area contributed by atoms with Crippen LogP contribution in [0.25, 0.3) is 0 Å². The van der Waals surface area contributed by atoms with E-state index in [1.165, 1.54) is 0 Å². The van der Waals surface area contributed by atoms with Gasteiger partial charge in [0.05, 0.1) is 66.6 Å². The molecule has 364 valence electrons. The Labute approximate surface area is 411 Å². The molecule has 10 aliphatic rings. The third kappa shape index (κ3) is 10.5. The lowest BCUT2D eigenvalue weighted by Crippen LogP contribution is -2.49. The maximum absolute atomic E-state index is 11.7. The minimum atomic E-state index is -0.499. The number of hydrogen-bond donors (Lipinski definition) is 1. The van der Waals surface area contributed by atoms with Crippen LogP contribution in [0.15, 0.2) is 0 Å². The van der Waals surface area contributed by atoms with Gasteiger partial charge in [-0.2, -0.15) is 0 Å². The maximum Gasteiger partial charge on any atom is 0.317 e. The largest absolute Gasteiger partial charge is 0.379 e. The van der Waals surface area contributed by atoms with Crippen LogP contribution in [0.1, 0.15) is 114 Å². The van der Waals surface area contributed by atoms with Gasteiger partial charge in [0.2, 0.25) is 0 Å². The predicted molar refractivity (Wildman–Crippen MR) is 263 cm³/mol. The van der Waals surface area contributed by atoms with Gasteiger partial charge in [-0.3, -0.25) is 0 Å². The van der Waals surface area contributed by atoms with Crippen molar-refractivity contribution in [1.29, 1.82) is 0 Å². The van der Waals surface area contributed by atoms with Crippen LogP contribution in [-0.4, -0.2) is 191 Å². The van der Waals surface area contributed by atoms with Gasteiger partial charge >= 0.3 is 6.03 Å². The smallest absolute Gasteiger partial charge is 0.317 e. The molecule has 10 saturated heterocycles. The van der Waals surface area contributed by atoms with Crippen molar-refractivity contribution in [2.45, 2.75) is 202 Å². The topological polar surface area (TPSA) is 125 Å². The second kappa shape index (κ2) is 22.8. The van der Waals surface area contributed by atoms with E-state index in [0.717, 1.165) is 57.3 Å². The third-order valence-electron chi connectivity index (χ3n) is 17.1. The molecule has 0 aromatic carbocycles. The minimum absolute atomic E-state index is 0.000579. The van der Waals surface area contributed by atoms with Gasteiger partial charge in [-0.1, -0.05) is 90.8 Å². The SMILES string of the molecule is [B][C@@H]1O[C@@]2(CC)CCCOC1[C@H]2C.[B][C@@H]1O[C@@]2(CC)CNC(=O)N(C)C1[C@H]2C.[B][C@@H]1O[C@@]2(CC)COCOC1[C@H]2C.[B][C@@H]1O[C@@]2(CC)CSSC1[C@H]2C.[B][C@@H]1O[C@@]2(CC)OCCOC1[C@H]2C.